The zero-order valence-electron chi connectivity index (χ0n) is 10.5. The second-order valence-electron chi connectivity index (χ2n) is 3.97. The molecule has 0 atom stereocenters. The lowest BCUT2D eigenvalue weighted by molar-refractivity contribution is 0.470. The molecule has 8 heteroatoms. The largest absolute Gasteiger partial charge is 0.451 e. The molecule has 2 rings (SSSR count). The van der Waals surface area contributed by atoms with Crippen molar-refractivity contribution in [3.8, 4) is 0 Å². The molecular weight excluding hydrogens is 459 g/mol. The van der Waals surface area contributed by atoms with Crippen LogP contribution in [0.3, 0.4) is 0 Å². The zero-order chi connectivity index (χ0) is 14.8. The van der Waals surface area contributed by atoms with Crippen LogP contribution < -0.4 is 10.0 Å². The average Bonchev–Trinajstić information content (AvgIpc) is 2.74. The number of furan rings is 1. The predicted molar refractivity (Wildman–Crippen MR) is 89.1 cm³/mol. The third-order valence-electron chi connectivity index (χ3n) is 2.47. The van der Waals surface area contributed by atoms with Gasteiger partial charge < -0.3 is 9.73 Å². The average molecular weight is 471 g/mol. The lowest BCUT2D eigenvalue weighted by Gasteiger charge is -2.08. The van der Waals surface area contributed by atoms with E-state index in [0.29, 0.717) is 18.0 Å². The van der Waals surface area contributed by atoms with E-state index in [2.05, 4.69) is 48.6 Å². The van der Waals surface area contributed by atoms with Gasteiger partial charge in [0.15, 0.2) is 4.67 Å². The fourth-order valence-electron chi connectivity index (χ4n) is 1.59. The first-order chi connectivity index (χ1) is 9.44. The van der Waals surface area contributed by atoms with Crippen LogP contribution in [-0.2, 0) is 16.6 Å². The van der Waals surface area contributed by atoms with Crippen molar-refractivity contribution in [1.82, 2.24) is 5.32 Å². The summed E-state index contributed by atoms with van der Waals surface area (Å²) in [5.74, 6) is 0.544. The fraction of sp³-hybridized carbons (Fsp3) is 0.167. The molecule has 2 aromatic rings. The van der Waals surface area contributed by atoms with Gasteiger partial charge in [-0.1, -0.05) is 12.1 Å². The van der Waals surface area contributed by atoms with Crippen LogP contribution in [0.25, 0.3) is 0 Å². The number of hydrogen-bond donors (Lipinski definition) is 2. The van der Waals surface area contributed by atoms with E-state index in [9.17, 15) is 8.42 Å². The number of halogens is 2. The molecule has 0 aliphatic carbocycles. The van der Waals surface area contributed by atoms with Gasteiger partial charge in [0.05, 0.1) is 12.2 Å². The smallest absolute Gasteiger partial charge is 0.266 e. The summed E-state index contributed by atoms with van der Waals surface area (Å²) in [4.78, 5) is 0.0856. The van der Waals surface area contributed by atoms with E-state index < -0.39 is 10.0 Å². The first kappa shape index (κ1) is 15.8. The van der Waals surface area contributed by atoms with E-state index in [0.717, 1.165) is 3.57 Å². The van der Waals surface area contributed by atoms with E-state index >= 15 is 0 Å². The van der Waals surface area contributed by atoms with E-state index in [1.54, 1.807) is 19.2 Å². The van der Waals surface area contributed by atoms with Crippen LogP contribution in [0.1, 0.15) is 5.76 Å². The lowest BCUT2D eigenvalue weighted by atomic mass is 10.3. The number of hydrogen-bond acceptors (Lipinski definition) is 4. The summed E-state index contributed by atoms with van der Waals surface area (Å²) in [6, 6.07) is 8.66. The van der Waals surface area contributed by atoms with Gasteiger partial charge in [-0.3, -0.25) is 4.72 Å². The minimum Gasteiger partial charge on any atom is -0.451 e. The summed E-state index contributed by atoms with van der Waals surface area (Å²) in [5, 5.41) is 2.90. The Labute approximate surface area is 139 Å². The molecule has 0 aliphatic rings. The van der Waals surface area contributed by atoms with Crippen LogP contribution in [0.4, 0.5) is 5.69 Å². The standard InChI is InChI=1S/C12H12BrIN2O3S/c1-15-7-8-6-11(12(13)19-8)20(17,18)16-10-5-3-2-4-9(10)14/h2-6,15-16H,7H2,1H3. The van der Waals surface area contributed by atoms with E-state index in [-0.39, 0.29) is 9.56 Å². The molecular formula is C12H12BrIN2O3S. The molecule has 1 aromatic carbocycles. The number of rotatable bonds is 5. The molecule has 0 amide bonds. The molecule has 5 nitrogen and oxygen atoms in total. The van der Waals surface area contributed by atoms with Gasteiger partial charge in [0.25, 0.3) is 10.0 Å². The van der Waals surface area contributed by atoms with Crippen molar-refractivity contribution in [1.29, 1.82) is 0 Å². The number of sulfonamides is 1. The number of benzene rings is 1. The van der Waals surface area contributed by atoms with Gasteiger partial charge in [0.2, 0.25) is 0 Å². The number of para-hydroxylation sites is 1. The van der Waals surface area contributed by atoms with Crippen molar-refractivity contribution in [3.63, 3.8) is 0 Å². The minimum atomic E-state index is -3.69. The molecule has 1 heterocycles. The summed E-state index contributed by atoms with van der Waals surface area (Å²) in [6.45, 7) is 0.455. The monoisotopic (exact) mass is 470 g/mol. The van der Waals surface area contributed by atoms with Crippen molar-refractivity contribution in [3.05, 3.63) is 44.3 Å². The second-order valence-corrected chi connectivity index (χ2v) is 7.50. The summed E-state index contributed by atoms with van der Waals surface area (Å²) >= 11 is 5.21. The lowest BCUT2D eigenvalue weighted by Crippen LogP contribution is -2.13. The van der Waals surface area contributed by atoms with Crippen LogP contribution in [0, 0.1) is 3.57 Å². The van der Waals surface area contributed by atoms with Crippen LogP contribution in [0.5, 0.6) is 0 Å². The Bertz CT molecular complexity index is 715. The summed E-state index contributed by atoms with van der Waals surface area (Å²) in [6.07, 6.45) is 0. The maximum atomic E-state index is 12.4. The van der Waals surface area contributed by atoms with Crippen molar-refractivity contribution < 1.29 is 12.8 Å². The van der Waals surface area contributed by atoms with Crippen molar-refractivity contribution >= 4 is 54.2 Å². The molecule has 0 unspecified atom stereocenters. The molecule has 20 heavy (non-hydrogen) atoms. The predicted octanol–water partition coefficient (Wildman–Crippen LogP) is 3.17. The fourth-order valence-corrected chi connectivity index (χ4v) is 4.37. The van der Waals surface area contributed by atoms with Gasteiger partial charge in [-0.15, -0.1) is 0 Å². The minimum absolute atomic E-state index is 0.0856. The maximum Gasteiger partial charge on any atom is 0.266 e. The highest BCUT2D eigenvalue weighted by molar-refractivity contribution is 14.1. The van der Waals surface area contributed by atoms with E-state index in [1.165, 1.54) is 6.07 Å². The highest BCUT2D eigenvalue weighted by Crippen LogP contribution is 2.29. The molecule has 0 aliphatic heterocycles. The first-order valence-electron chi connectivity index (χ1n) is 5.64. The van der Waals surface area contributed by atoms with Crippen molar-refractivity contribution in [2.45, 2.75) is 11.4 Å². The highest BCUT2D eigenvalue weighted by Gasteiger charge is 2.23. The number of anilines is 1. The Morgan fingerprint density at radius 3 is 2.70 bits per heavy atom. The van der Waals surface area contributed by atoms with Gasteiger partial charge in [0.1, 0.15) is 10.7 Å². The van der Waals surface area contributed by atoms with E-state index in [4.69, 9.17) is 4.42 Å². The Morgan fingerprint density at radius 1 is 1.35 bits per heavy atom. The van der Waals surface area contributed by atoms with Crippen LogP contribution in [0.2, 0.25) is 0 Å². The zero-order valence-corrected chi connectivity index (χ0v) is 15.0. The summed E-state index contributed by atoms with van der Waals surface area (Å²) in [7, 11) is -1.93. The van der Waals surface area contributed by atoms with Gasteiger partial charge in [-0.05, 0) is 57.7 Å². The van der Waals surface area contributed by atoms with Gasteiger partial charge in [-0.2, -0.15) is 0 Å². The van der Waals surface area contributed by atoms with Crippen LogP contribution in [0.15, 0.2) is 44.3 Å². The Balaban J connectivity index is 2.33. The first-order valence-corrected chi connectivity index (χ1v) is 8.99. The normalized spacial score (nSPS) is 11.6. The third-order valence-corrected chi connectivity index (χ3v) is 5.63. The molecule has 0 radical (unpaired) electrons. The highest BCUT2D eigenvalue weighted by atomic mass is 127. The second kappa shape index (κ2) is 6.46. The van der Waals surface area contributed by atoms with Gasteiger partial charge in [0, 0.05) is 9.64 Å². The Morgan fingerprint density at radius 2 is 2.05 bits per heavy atom. The molecule has 0 spiro atoms. The number of nitrogens with one attached hydrogen (secondary N) is 2. The van der Waals surface area contributed by atoms with E-state index in [1.807, 2.05) is 12.1 Å². The third kappa shape index (κ3) is 3.54. The Kier molecular flexibility index (Phi) is 5.10. The molecule has 0 saturated heterocycles. The summed E-state index contributed by atoms with van der Waals surface area (Å²) < 4.78 is 33.6. The molecule has 0 saturated carbocycles. The van der Waals surface area contributed by atoms with Crippen LogP contribution >= 0.6 is 38.5 Å². The molecule has 0 bridgehead atoms. The topological polar surface area (TPSA) is 71.3 Å². The van der Waals surface area contributed by atoms with Crippen LogP contribution in [-0.4, -0.2) is 15.5 Å². The molecule has 108 valence electrons. The quantitative estimate of drug-likeness (QED) is 0.658. The van der Waals surface area contributed by atoms with Gasteiger partial charge in [-0.25, -0.2) is 8.42 Å². The maximum absolute atomic E-state index is 12.4. The molecule has 1 aromatic heterocycles. The van der Waals surface area contributed by atoms with Crippen molar-refractivity contribution in [2.75, 3.05) is 11.8 Å². The SMILES string of the molecule is CNCc1cc(S(=O)(=O)Nc2ccccc2I)c(Br)o1. The Hall–Kier alpha value is -0.580. The molecule has 0 fully saturated rings. The van der Waals surface area contributed by atoms with Gasteiger partial charge >= 0.3 is 0 Å². The summed E-state index contributed by atoms with van der Waals surface area (Å²) in [5.41, 5.74) is 0.538. The molecule has 2 N–H and O–H groups in total. The van der Waals surface area contributed by atoms with Crippen molar-refractivity contribution in [2.24, 2.45) is 0 Å².